The van der Waals surface area contributed by atoms with Gasteiger partial charge >= 0.3 is 0 Å². The SMILES string of the molecule is Cc1cc(OCc2cc(NN)ccn2)c(F)cc1[N+](=O)[O-]. The molecule has 0 aliphatic carbocycles. The van der Waals surface area contributed by atoms with Crippen LogP contribution in [0.2, 0.25) is 0 Å². The lowest BCUT2D eigenvalue weighted by atomic mass is 10.2. The Morgan fingerprint density at radius 3 is 2.90 bits per heavy atom. The van der Waals surface area contributed by atoms with E-state index in [1.807, 2.05) is 0 Å². The van der Waals surface area contributed by atoms with Crippen molar-refractivity contribution in [1.82, 2.24) is 4.98 Å². The van der Waals surface area contributed by atoms with Crippen molar-refractivity contribution in [2.24, 2.45) is 5.84 Å². The highest BCUT2D eigenvalue weighted by atomic mass is 19.1. The molecule has 0 aliphatic rings. The number of pyridine rings is 1. The fourth-order valence-corrected chi connectivity index (χ4v) is 1.75. The van der Waals surface area contributed by atoms with Gasteiger partial charge in [-0.3, -0.25) is 20.9 Å². The van der Waals surface area contributed by atoms with Gasteiger partial charge in [-0.15, -0.1) is 0 Å². The van der Waals surface area contributed by atoms with Crippen molar-refractivity contribution in [3.63, 3.8) is 0 Å². The van der Waals surface area contributed by atoms with Crippen molar-refractivity contribution < 1.29 is 14.1 Å². The number of aromatic nitrogens is 1. The molecule has 0 bridgehead atoms. The molecule has 2 rings (SSSR count). The zero-order valence-electron chi connectivity index (χ0n) is 11.2. The summed E-state index contributed by atoms with van der Waals surface area (Å²) >= 11 is 0. The number of nitrogens with one attached hydrogen (secondary N) is 1. The van der Waals surface area contributed by atoms with Crippen LogP contribution in [0.3, 0.4) is 0 Å². The van der Waals surface area contributed by atoms with Gasteiger partial charge in [0.2, 0.25) is 0 Å². The summed E-state index contributed by atoms with van der Waals surface area (Å²) in [5.74, 6) is 4.42. The third-order valence-corrected chi connectivity index (χ3v) is 2.81. The van der Waals surface area contributed by atoms with Crippen LogP contribution in [-0.4, -0.2) is 9.91 Å². The van der Waals surface area contributed by atoms with E-state index < -0.39 is 10.7 Å². The molecule has 0 spiro atoms. The van der Waals surface area contributed by atoms with Crippen LogP contribution in [0.4, 0.5) is 15.8 Å². The second-order valence-electron chi connectivity index (χ2n) is 4.30. The third-order valence-electron chi connectivity index (χ3n) is 2.81. The summed E-state index contributed by atoms with van der Waals surface area (Å²) in [7, 11) is 0. The molecule has 110 valence electrons. The van der Waals surface area contributed by atoms with Crippen LogP contribution in [0.25, 0.3) is 0 Å². The maximum atomic E-state index is 13.8. The quantitative estimate of drug-likeness (QED) is 0.498. The molecule has 1 heterocycles. The molecule has 7 nitrogen and oxygen atoms in total. The highest BCUT2D eigenvalue weighted by Crippen LogP contribution is 2.27. The molecule has 0 fully saturated rings. The van der Waals surface area contributed by atoms with Gasteiger partial charge in [-0.05, 0) is 25.1 Å². The number of aryl methyl sites for hydroxylation is 1. The second kappa shape index (κ2) is 6.14. The van der Waals surface area contributed by atoms with Gasteiger partial charge < -0.3 is 10.2 Å². The van der Waals surface area contributed by atoms with Crippen molar-refractivity contribution >= 4 is 11.4 Å². The average molecular weight is 292 g/mol. The van der Waals surface area contributed by atoms with E-state index in [0.717, 1.165) is 6.07 Å². The standard InChI is InChI=1S/C13H13FN4O3/c1-8-4-13(11(14)6-12(8)18(19)20)21-7-10-5-9(17-15)2-3-16-10/h2-6H,7,15H2,1H3,(H,16,17). The van der Waals surface area contributed by atoms with Crippen LogP contribution in [0, 0.1) is 22.9 Å². The van der Waals surface area contributed by atoms with Gasteiger partial charge in [-0.25, -0.2) is 4.39 Å². The van der Waals surface area contributed by atoms with Gasteiger partial charge in [0, 0.05) is 11.8 Å². The van der Waals surface area contributed by atoms with Gasteiger partial charge in [0.15, 0.2) is 11.6 Å². The largest absolute Gasteiger partial charge is 0.484 e. The minimum Gasteiger partial charge on any atom is -0.484 e. The normalized spacial score (nSPS) is 10.2. The second-order valence-corrected chi connectivity index (χ2v) is 4.30. The van der Waals surface area contributed by atoms with Crippen LogP contribution < -0.4 is 16.0 Å². The number of ether oxygens (including phenoxy) is 1. The Hall–Kier alpha value is -2.74. The Kier molecular flexibility index (Phi) is 4.29. The Labute approximate surface area is 119 Å². The molecule has 0 saturated heterocycles. The minimum absolute atomic E-state index is 0.0176. The number of hydrogen-bond acceptors (Lipinski definition) is 6. The lowest BCUT2D eigenvalue weighted by Crippen LogP contribution is -2.08. The summed E-state index contributed by atoms with van der Waals surface area (Å²) in [6.07, 6.45) is 1.53. The molecule has 21 heavy (non-hydrogen) atoms. The van der Waals surface area contributed by atoms with E-state index >= 15 is 0 Å². The zero-order chi connectivity index (χ0) is 15.4. The number of nitrogen functional groups attached to an aromatic ring is 1. The van der Waals surface area contributed by atoms with Crippen LogP contribution in [0.15, 0.2) is 30.5 Å². The molecule has 0 aliphatic heterocycles. The molecule has 0 atom stereocenters. The lowest BCUT2D eigenvalue weighted by molar-refractivity contribution is -0.385. The molecular formula is C13H13FN4O3. The van der Waals surface area contributed by atoms with Gasteiger partial charge in [-0.2, -0.15) is 0 Å². The van der Waals surface area contributed by atoms with E-state index in [4.69, 9.17) is 10.6 Å². The van der Waals surface area contributed by atoms with Crippen molar-refractivity contribution in [2.75, 3.05) is 5.43 Å². The Bertz CT molecular complexity index is 678. The van der Waals surface area contributed by atoms with Crippen LogP contribution in [0.5, 0.6) is 5.75 Å². The predicted molar refractivity (Wildman–Crippen MR) is 74.2 cm³/mol. The van der Waals surface area contributed by atoms with Crippen molar-refractivity contribution in [3.8, 4) is 5.75 Å². The first-order valence-corrected chi connectivity index (χ1v) is 6.00. The van der Waals surface area contributed by atoms with E-state index in [1.165, 1.54) is 19.2 Å². The molecule has 1 aromatic heterocycles. The van der Waals surface area contributed by atoms with Crippen LogP contribution in [-0.2, 0) is 6.61 Å². The summed E-state index contributed by atoms with van der Waals surface area (Å²) in [5, 5.41) is 10.7. The van der Waals surface area contributed by atoms with Gasteiger partial charge in [0.1, 0.15) is 6.61 Å². The summed E-state index contributed by atoms with van der Waals surface area (Å²) in [4.78, 5) is 14.1. The first kappa shape index (κ1) is 14.7. The van der Waals surface area contributed by atoms with E-state index in [0.29, 0.717) is 16.9 Å². The first-order chi connectivity index (χ1) is 10.0. The van der Waals surface area contributed by atoms with E-state index in [1.54, 1.807) is 12.1 Å². The monoisotopic (exact) mass is 292 g/mol. The van der Waals surface area contributed by atoms with Crippen molar-refractivity contribution in [1.29, 1.82) is 0 Å². The molecule has 8 heteroatoms. The number of hydrogen-bond donors (Lipinski definition) is 2. The number of nitro benzene ring substituents is 1. The highest BCUT2D eigenvalue weighted by Gasteiger charge is 2.16. The molecule has 0 radical (unpaired) electrons. The number of nitrogens with two attached hydrogens (primary N) is 1. The molecule has 1 aromatic carbocycles. The predicted octanol–water partition coefficient (Wildman–Crippen LogP) is 2.30. The third kappa shape index (κ3) is 3.42. The molecule has 0 unspecified atom stereocenters. The summed E-state index contributed by atoms with van der Waals surface area (Å²) in [6, 6.07) is 5.45. The van der Waals surface area contributed by atoms with E-state index in [2.05, 4.69) is 10.4 Å². The Morgan fingerprint density at radius 1 is 1.48 bits per heavy atom. The number of benzene rings is 1. The number of nitro groups is 1. The maximum Gasteiger partial charge on any atom is 0.275 e. The average Bonchev–Trinajstić information content (AvgIpc) is 2.47. The lowest BCUT2D eigenvalue weighted by Gasteiger charge is -2.09. The first-order valence-electron chi connectivity index (χ1n) is 6.00. The van der Waals surface area contributed by atoms with Crippen molar-refractivity contribution in [2.45, 2.75) is 13.5 Å². The van der Waals surface area contributed by atoms with Crippen molar-refractivity contribution in [3.05, 3.63) is 57.7 Å². The fraction of sp³-hybridized carbons (Fsp3) is 0.154. The van der Waals surface area contributed by atoms with Gasteiger partial charge in [0.05, 0.1) is 22.4 Å². The number of nitrogens with zero attached hydrogens (tertiary/aromatic N) is 2. The topological polar surface area (TPSA) is 103 Å². The van der Waals surface area contributed by atoms with Crippen LogP contribution >= 0.6 is 0 Å². The Balaban J connectivity index is 2.16. The van der Waals surface area contributed by atoms with Gasteiger partial charge in [0.25, 0.3) is 5.69 Å². The van der Waals surface area contributed by atoms with E-state index in [-0.39, 0.29) is 18.0 Å². The number of rotatable bonds is 5. The molecular weight excluding hydrogens is 279 g/mol. The smallest absolute Gasteiger partial charge is 0.275 e. The number of anilines is 1. The highest BCUT2D eigenvalue weighted by molar-refractivity contribution is 5.45. The molecule has 3 N–H and O–H groups in total. The summed E-state index contributed by atoms with van der Waals surface area (Å²) < 4.78 is 19.1. The van der Waals surface area contributed by atoms with Crippen LogP contribution in [0.1, 0.15) is 11.3 Å². The Morgan fingerprint density at radius 2 is 2.24 bits per heavy atom. The summed E-state index contributed by atoms with van der Waals surface area (Å²) in [5.41, 5.74) is 3.68. The van der Waals surface area contributed by atoms with E-state index in [9.17, 15) is 14.5 Å². The minimum atomic E-state index is -0.791. The molecule has 2 aromatic rings. The summed E-state index contributed by atoms with van der Waals surface area (Å²) in [6.45, 7) is 1.53. The molecule has 0 amide bonds. The van der Waals surface area contributed by atoms with Gasteiger partial charge in [-0.1, -0.05) is 0 Å². The zero-order valence-corrected chi connectivity index (χ0v) is 11.2. The number of hydrazine groups is 1. The maximum absolute atomic E-state index is 13.8. The number of halogens is 1. The fourth-order valence-electron chi connectivity index (χ4n) is 1.75. The molecule has 0 saturated carbocycles.